The minimum absolute atomic E-state index is 0.100. The summed E-state index contributed by atoms with van der Waals surface area (Å²) in [5, 5.41) is 13.8. The number of esters is 1. The van der Waals surface area contributed by atoms with E-state index in [1.54, 1.807) is 0 Å². The zero-order valence-electron chi connectivity index (χ0n) is 13.9. The first-order valence-corrected chi connectivity index (χ1v) is 8.10. The highest BCUT2D eigenvalue weighted by Gasteiger charge is 2.24. The molecule has 1 aromatic carbocycles. The number of amides is 1. The maximum absolute atomic E-state index is 12.1. The summed E-state index contributed by atoms with van der Waals surface area (Å²) in [4.78, 5) is 34.4. The topological polar surface area (TPSA) is 98.5 Å². The number of ether oxygens (including phenoxy) is 1. The van der Waals surface area contributed by atoms with Gasteiger partial charge in [0.2, 0.25) is 0 Å². The molecule has 0 unspecified atom stereocenters. The van der Waals surface area contributed by atoms with Crippen LogP contribution in [0.1, 0.15) is 48.5 Å². The number of nitrogens with zero attached hydrogens (tertiary/aromatic N) is 1. The van der Waals surface area contributed by atoms with E-state index in [0.717, 1.165) is 19.3 Å². The van der Waals surface area contributed by atoms with Crippen molar-refractivity contribution in [3.05, 3.63) is 39.4 Å². The molecule has 130 valence electrons. The number of rotatable bonds is 5. The predicted molar refractivity (Wildman–Crippen MR) is 87.7 cm³/mol. The van der Waals surface area contributed by atoms with Gasteiger partial charge in [-0.3, -0.25) is 14.9 Å². The summed E-state index contributed by atoms with van der Waals surface area (Å²) in [5.41, 5.74) is 0.182. The summed E-state index contributed by atoms with van der Waals surface area (Å²) in [6.07, 6.45) is 4.28. The van der Waals surface area contributed by atoms with Gasteiger partial charge in [-0.25, -0.2) is 4.79 Å². The normalized spacial score (nSPS) is 20.2. The maximum atomic E-state index is 12.1. The van der Waals surface area contributed by atoms with Gasteiger partial charge in [-0.05, 0) is 31.7 Å². The van der Waals surface area contributed by atoms with E-state index in [9.17, 15) is 19.7 Å². The van der Waals surface area contributed by atoms with E-state index >= 15 is 0 Å². The Hall–Kier alpha value is -2.44. The van der Waals surface area contributed by atoms with E-state index in [-0.39, 0.29) is 35.4 Å². The second kappa shape index (κ2) is 7.90. The minimum Gasteiger partial charge on any atom is -0.452 e. The SMILES string of the molecule is Cc1c(C(=O)OCC(=O)N[C@H]2CCCC[C@@H]2C)cccc1[N+](=O)[O-]. The van der Waals surface area contributed by atoms with Gasteiger partial charge in [-0.1, -0.05) is 25.8 Å². The third-order valence-corrected chi connectivity index (χ3v) is 4.51. The second-order valence-corrected chi connectivity index (χ2v) is 6.22. The predicted octanol–water partition coefficient (Wildman–Crippen LogP) is 2.75. The number of nitro groups is 1. The highest BCUT2D eigenvalue weighted by Crippen LogP contribution is 2.24. The molecule has 0 aromatic heterocycles. The molecule has 1 saturated carbocycles. The Morgan fingerprint density at radius 3 is 2.71 bits per heavy atom. The zero-order chi connectivity index (χ0) is 17.7. The van der Waals surface area contributed by atoms with Gasteiger partial charge in [0.25, 0.3) is 11.6 Å². The Morgan fingerprint density at radius 2 is 2.04 bits per heavy atom. The Bertz CT molecular complexity index is 644. The summed E-state index contributed by atoms with van der Waals surface area (Å²) in [6, 6.07) is 4.31. The van der Waals surface area contributed by atoms with E-state index in [4.69, 9.17) is 4.74 Å². The lowest BCUT2D eigenvalue weighted by molar-refractivity contribution is -0.385. The summed E-state index contributed by atoms with van der Waals surface area (Å²) < 4.78 is 5.01. The standard InChI is InChI=1S/C17H22N2O5/c1-11-6-3-4-8-14(11)18-16(20)10-24-17(21)13-7-5-9-15(12(13)2)19(22)23/h5,7,9,11,14H,3-4,6,8,10H2,1-2H3,(H,18,20)/t11-,14-/m0/s1. The first-order chi connectivity index (χ1) is 11.4. The maximum Gasteiger partial charge on any atom is 0.339 e. The van der Waals surface area contributed by atoms with Gasteiger partial charge < -0.3 is 10.1 Å². The van der Waals surface area contributed by atoms with Crippen molar-refractivity contribution in [1.29, 1.82) is 0 Å². The van der Waals surface area contributed by atoms with Crippen molar-refractivity contribution in [3.63, 3.8) is 0 Å². The molecule has 0 bridgehead atoms. The van der Waals surface area contributed by atoms with Crippen molar-refractivity contribution in [2.75, 3.05) is 6.61 Å². The molecule has 2 rings (SSSR count). The fourth-order valence-corrected chi connectivity index (χ4v) is 3.03. The van der Waals surface area contributed by atoms with Gasteiger partial charge in [0.05, 0.1) is 10.5 Å². The summed E-state index contributed by atoms with van der Waals surface area (Å²) >= 11 is 0. The number of hydrogen-bond acceptors (Lipinski definition) is 5. The molecule has 0 saturated heterocycles. The highest BCUT2D eigenvalue weighted by atomic mass is 16.6. The van der Waals surface area contributed by atoms with E-state index in [1.807, 2.05) is 0 Å². The van der Waals surface area contributed by atoms with Gasteiger partial charge in [-0.15, -0.1) is 0 Å². The largest absolute Gasteiger partial charge is 0.452 e. The monoisotopic (exact) mass is 334 g/mol. The van der Waals surface area contributed by atoms with Crippen LogP contribution in [0.5, 0.6) is 0 Å². The van der Waals surface area contributed by atoms with Crippen LogP contribution < -0.4 is 5.32 Å². The van der Waals surface area contributed by atoms with Crippen molar-refractivity contribution in [1.82, 2.24) is 5.32 Å². The van der Waals surface area contributed by atoms with Crippen molar-refractivity contribution in [2.45, 2.75) is 45.6 Å². The van der Waals surface area contributed by atoms with Gasteiger partial charge in [0.1, 0.15) is 0 Å². The lowest BCUT2D eigenvalue weighted by Crippen LogP contribution is -2.42. The van der Waals surface area contributed by atoms with Crippen LogP contribution in [0.2, 0.25) is 0 Å². The molecule has 1 aliphatic carbocycles. The molecule has 1 amide bonds. The van der Waals surface area contributed by atoms with E-state index in [1.165, 1.54) is 31.5 Å². The molecular weight excluding hydrogens is 312 g/mol. The molecule has 1 fully saturated rings. The summed E-state index contributed by atoms with van der Waals surface area (Å²) in [5.74, 6) is -0.661. The lowest BCUT2D eigenvalue weighted by Gasteiger charge is -2.29. The fourth-order valence-electron chi connectivity index (χ4n) is 3.03. The van der Waals surface area contributed by atoms with Crippen molar-refractivity contribution >= 4 is 17.6 Å². The van der Waals surface area contributed by atoms with E-state index in [0.29, 0.717) is 5.92 Å². The van der Waals surface area contributed by atoms with Gasteiger partial charge in [0.15, 0.2) is 6.61 Å². The number of carbonyl (C=O) groups excluding carboxylic acids is 2. The Morgan fingerprint density at radius 1 is 1.33 bits per heavy atom. The van der Waals surface area contributed by atoms with Crippen LogP contribution >= 0.6 is 0 Å². The molecular formula is C17H22N2O5. The van der Waals surface area contributed by atoms with Gasteiger partial charge >= 0.3 is 5.97 Å². The molecule has 7 heteroatoms. The lowest BCUT2D eigenvalue weighted by atomic mass is 9.86. The average Bonchev–Trinajstić information content (AvgIpc) is 2.54. The number of hydrogen-bond donors (Lipinski definition) is 1. The van der Waals surface area contributed by atoms with Crippen molar-refractivity contribution in [3.8, 4) is 0 Å². The fraction of sp³-hybridized carbons (Fsp3) is 0.529. The van der Waals surface area contributed by atoms with Crippen molar-refractivity contribution in [2.24, 2.45) is 5.92 Å². The summed E-state index contributed by atoms with van der Waals surface area (Å²) in [7, 11) is 0. The van der Waals surface area contributed by atoms with Crippen molar-refractivity contribution < 1.29 is 19.2 Å². The number of nitrogens with one attached hydrogen (secondary N) is 1. The van der Waals surface area contributed by atoms with Gasteiger partial charge in [-0.2, -0.15) is 0 Å². The smallest absolute Gasteiger partial charge is 0.339 e. The Kier molecular flexibility index (Phi) is 5.89. The van der Waals surface area contributed by atoms with Crippen LogP contribution in [0.15, 0.2) is 18.2 Å². The third-order valence-electron chi connectivity index (χ3n) is 4.51. The van der Waals surface area contributed by atoms with Crippen LogP contribution in [-0.2, 0) is 9.53 Å². The quantitative estimate of drug-likeness (QED) is 0.507. The van der Waals surface area contributed by atoms with Crippen LogP contribution in [0, 0.1) is 23.0 Å². The molecule has 2 atom stereocenters. The Labute approximate surface area is 140 Å². The minimum atomic E-state index is -0.733. The molecule has 0 heterocycles. The molecule has 7 nitrogen and oxygen atoms in total. The van der Waals surface area contributed by atoms with Crippen LogP contribution in [0.25, 0.3) is 0 Å². The van der Waals surface area contributed by atoms with Gasteiger partial charge in [0, 0.05) is 17.7 Å². The molecule has 1 aromatic rings. The number of nitro benzene ring substituents is 1. The first kappa shape index (κ1) is 17.9. The molecule has 1 N–H and O–H groups in total. The van der Waals surface area contributed by atoms with Crippen LogP contribution in [0.4, 0.5) is 5.69 Å². The molecule has 0 spiro atoms. The number of carbonyl (C=O) groups is 2. The van der Waals surface area contributed by atoms with Crippen LogP contribution in [0.3, 0.4) is 0 Å². The second-order valence-electron chi connectivity index (χ2n) is 6.22. The van der Waals surface area contributed by atoms with Crippen LogP contribution in [-0.4, -0.2) is 29.4 Å². The molecule has 1 aliphatic rings. The first-order valence-electron chi connectivity index (χ1n) is 8.10. The molecule has 0 radical (unpaired) electrons. The third kappa shape index (κ3) is 4.31. The molecule has 0 aliphatic heterocycles. The Balaban J connectivity index is 1.92. The zero-order valence-corrected chi connectivity index (χ0v) is 13.9. The van der Waals surface area contributed by atoms with E-state index < -0.39 is 10.9 Å². The highest BCUT2D eigenvalue weighted by molar-refractivity contribution is 5.93. The average molecular weight is 334 g/mol. The molecule has 24 heavy (non-hydrogen) atoms. The summed E-state index contributed by atoms with van der Waals surface area (Å²) in [6.45, 7) is 3.20. The van der Waals surface area contributed by atoms with E-state index in [2.05, 4.69) is 12.2 Å². The number of benzene rings is 1.